The molecule has 1 aromatic rings. The van der Waals surface area contributed by atoms with Crippen LogP contribution in [0.2, 0.25) is 0 Å². The number of ether oxygens (including phenoxy) is 6. The normalized spacial score (nSPS) is 25.1. The summed E-state index contributed by atoms with van der Waals surface area (Å²) in [6, 6.07) is 6.77. The van der Waals surface area contributed by atoms with Crippen molar-refractivity contribution in [3.05, 3.63) is 123 Å². The predicted octanol–water partition coefficient (Wildman–Crippen LogP) is 12.9. The summed E-state index contributed by atoms with van der Waals surface area (Å²) in [6.07, 6.45) is 28.4. The van der Waals surface area contributed by atoms with Gasteiger partial charge in [-0.25, -0.2) is 0 Å². The molecule has 1 saturated carbocycles. The molecule has 0 N–H and O–H groups in total. The molecule has 0 amide bonds. The molecule has 0 radical (unpaired) electrons. The molecular weight excluding hydrogens is 847 g/mol. The van der Waals surface area contributed by atoms with E-state index in [1.54, 1.807) is 14.2 Å². The molecule has 0 saturated heterocycles. The first-order valence-corrected chi connectivity index (χ1v) is 25.9. The number of hydrogen-bond donors (Lipinski definition) is 0. The van der Waals surface area contributed by atoms with Gasteiger partial charge in [0.15, 0.2) is 0 Å². The van der Waals surface area contributed by atoms with Crippen LogP contribution in [0.5, 0.6) is 0 Å². The van der Waals surface area contributed by atoms with Crippen LogP contribution in [-0.4, -0.2) is 91.0 Å². The van der Waals surface area contributed by atoms with Crippen molar-refractivity contribution in [2.75, 3.05) is 78.3 Å². The second kappa shape index (κ2) is 26.6. The molecule has 9 nitrogen and oxygen atoms in total. The second-order valence-corrected chi connectivity index (χ2v) is 20.0. The quantitative estimate of drug-likeness (QED) is 0.0846. The largest absolute Gasteiger partial charge is 0.491 e. The van der Waals surface area contributed by atoms with Gasteiger partial charge < -0.3 is 33.3 Å². The third-order valence-corrected chi connectivity index (χ3v) is 14.4. The second-order valence-electron chi connectivity index (χ2n) is 20.0. The van der Waals surface area contributed by atoms with Crippen LogP contribution in [0.15, 0.2) is 122 Å². The molecule has 2 heterocycles. The van der Waals surface area contributed by atoms with E-state index in [-0.39, 0.29) is 11.5 Å². The molecule has 1 aromatic carbocycles. The highest BCUT2D eigenvalue weighted by molar-refractivity contribution is 6.10. The molecule has 0 bridgehead atoms. The average molecular weight is 932 g/mol. The van der Waals surface area contributed by atoms with Crippen LogP contribution >= 0.6 is 0 Å². The number of rotatable bonds is 22. The lowest BCUT2D eigenvalue weighted by molar-refractivity contribution is 0.0555. The van der Waals surface area contributed by atoms with Gasteiger partial charge in [0.25, 0.3) is 0 Å². The van der Waals surface area contributed by atoms with Gasteiger partial charge in [-0.15, -0.1) is 0 Å². The minimum atomic E-state index is -0.209. The van der Waals surface area contributed by atoms with Crippen LogP contribution in [0.4, 0.5) is 5.69 Å². The van der Waals surface area contributed by atoms with Gasteiger partial charge in [0.2, 0.25) is 0 Å². The van der Waals surface area contributed by atoms with Crippen LogP contribution in [0.3, 0.4) is 0 Å². The van der Waals surface area contributed by atoms with Crippen LogP contribution in [0.25, 0.3) is 0 Å². The maximum Gasteiger partial charge on any atom is 0.128 e. The number of fused-ring (bicyclic) bond motifs is 4. The Balaban J connectivity index is 1.26. The summed E-state index contributed by atoms with van der Waals surface area (Å²) in [6.45, 7) is 24.9. The Hall–Kier alpha value is -4.28. The van der Waals surface area contributed by atoms with E-state index in [0.717, 1.165) is 117 Å². The third-order valence-electron chi connectivity index (χ3n) is 14.4. The zero-order valence-electron chi connectivity index (χ0n) is 43.5. The highest BCUT2D eigenvalue weighted by atomic mass is 16.5. The summed E-state index contributed by atoms with van der Waals surface area (Å²) in [5, 5.41) is 0. The highest BCUT2D eigenvalue weighted by Crippen LogP contribution is 2.49. The molecule has 372 valence electrons. The maximum atomic E-state index is 6.85. The number of unbranched alkanes of at least 4 members (excludes halogenated alkanes) is 1. The third kappa shape index (κ3) is 14.4. The van der Waals surface area contributed by atoms with E-state index in [9.17, 15) is 0 Å². The molecule has 68 heavy (non-hydrogen) atoms. The first kappa shape index (κ1) is 53.1. The Morgan fingerprint density at radius 3 is 2.49 bits per heavy atom. The van der Waals surface area contributed by atoms with Crippen molar-refractivity contribution in [3.63, 3.8) is 0 Å². The van der Waals surface area contributed by atoms with Crippen molar-refractivity contribution in [3.8, 4) is 0 Å². The van der Waals surface area contributed by atoms with Crippen molar-refractivity contribution in [1.29, 1.82) is 0 Å². The molecule has 5 atom stereocenters. The van der Waals surface area contributed by atoms with E-state index in [4.69, 9.17) is 38.4 Å². The minimum absolute atomic E-state index is 0.00322. The summed E-state index contributed by atoms with van der Waals surface area (Å²) < 4.78 is 37.1. The van der Waals surface area contributed by atoms with E-state index in [2.05, 4.69) is 126 Å². The van der Waals surface area contributed by atoms with Gasteiger partial charge in [-0.2, -0.15) is 0 Å². The number of hydrogen-bond acceptors (Lipinski definition) is 9. The summed E-state index contributed by atoms with van der Waals surface area (Å²) in [7, 11) is 3.52. The number of aliphatic imine (C=N–C) groups is 2. The van der Waals surface area contributed by atoms with E-state index in [1.807, 2.05) is 6.92 Å². The number of nitrogens with zero attached hydrogens (tertiary/aromatic N) is 3. The maximum absolute atomic E-state index is 6.85. The van der Waals surface area contributed by atoms with E-state index in [0.29, 0.717) is 69.9 Å². The molecule has 0 aromatic heterocycles. The first-order chi connectivity index (χ1) is 33.0. The number of anilines is 1. The van der Waals surface area contributed by atoms with Gasteiger partial charge in [-0.3, -0.25) is 9.98 Å². The molecule has 0 spiro atoms. The van der Waals surface area contributed by atoms with E-state index in [1.165, 1.54) is 27.9 Å². The SMILES string of the molecule is CC=C1CC2CN=C3C=C(OCc4cc(CO/C(=C/C5=NCCC6CC=CC(C)=CC=C(C)C6C(C)(C)C5)COC)cc(N(CCCC)CCOCCOCC)c4)C(OC)CC=C3C2C1=CCC. The molecular formula is C59H85N3O6. The molecule has 6 rings (SSSR count). The Morgan fingerprint density at radius 1 is 0.926 bits per heavy atom. The fourth-order valence-corrected chi connectivity index (χ4v) is 11.2. The van der Waals surface area contributed by atoms with E-state index >= 15 is 0 Å². The Kier molecular flexibility index (Phi) is 20.8. The minimum Gasteiger partial charge on any atom is -0.491 e. The zero-order chi connectivity index (χ0) is 48.5. The molecule has 1 fully saturated rings. The topological polar surface area (TPSA) is 83.3 Å². The molecule has 5 unspecified atom stereocenters. The van der Waals surface area contributed by atoms with Crippen molar-refractivity contribution in [2.45, 2.75) is 126 Å². The van der Waals surface area contributed by atoms with Crippen LogP contribution in [-0.2, 0) is 41.6 Å². The fourth-order valence-electron chi connectivity index (χ4n) is 11.2. The summed E-state index contributed by atoms with van der Waals surface area (Å²) >= 11 is 0. The zero-order valence-corrected chi connectivity index (χ0v) is 43.5. The van der Waals surface area contributed by atoms with Gasteiger partial charge in [-0.05, 0) is 148 Å². The van der Waals surface area contributed by atoms with Crippen molar-refractivity contribution < 1.29 is 28.4 Å². The first-order valence-electron chi connectivity index (χ1n) is 25.9. The van der Waals surface area contributed by atoms with E-state index < -0.39 is 0 Å². The lowest BCUT2D eigenvalue weighted by atomic mass is 9.64. The predicted molar refractivity (Wildman–Crippen MR) is 282 cm³/mol. The Labute approximate surface area is 410 Å². The molecule has 9 heteroatoms. The van der Waals surface area contributed by atoms with Gasteiger partial charge >= 0.3 is 0 Å². The van der Waals surface area contributed by atoms with Crippen LogP contribution in [0, 0.1) is 29.1 Å². The highest BCUT2D eigenvalue weighted by Gasteiger charge is 2.41. The molecule has 3 aliphatic carbocycles. The van der Waals surface area contributed by atoms with Gasteiger partial charge in [0.05, 0.1) is 25.5 Å². The van der Waals surface area contributed by atoms with Crippen LogP contribution < -0.4 is 4.90 Å². The lowest BCUT2D eigenvalue weighted by Crippen LogP contribution is -2.35. The van der Waals surface area contributed by atoms with Gasteiger partial charge in [0.1, 0.15) is 37.4 Å². The van der Waals surface area contributed by atoms with Crippen molar-refractivity contribution in [1.82, 2.24) is 0 Å². The Bertz CT molecular complexity index is 2150. The van der Waals surface area contributed by atoms with Gasteiger partial charge in [-0.1, -0.05) is 87.8 Å². The average Bonchev–Trinajstić information content (AvgIpc) is 3.60. The number of methoxy groups -OCH3 is 2. The van der Waals surface area contributed by atoms with Crippen LogP contribution in [0.1, 0.15) is 118 Å². The summed E-state index contributed by atoms with van der Waals surface area (Å²) in [5.41, 5.74) is 12.4. The van der Waals surface area contributed by atoms with Crippen molar-refractivity contribution in [2.24, 2.45) is 39.1 Å². The summed E-state index contributed by atoms with van der Waals surface area (Å²) in [5.74, 6) is 3.45. The summed E-state index contributed by atoms with van der Waals surface area (Å²) in [4.78, 5) is 12.8. The van der Waals surface area contributed by atoms with Crippen molar-refractivity contribution >= 4 is 17.1 Å². The Morgan fingerprint density at radius 2 is 1.74 bits per heavy atom. The monoisotopic (exact) mass is 932 g/mol. The fraction of sp³-hybridized carbons (Fsp3) is 0.593. The lowest BCUT2D eigenvalue weighted by Gasteiger charge is -2.42. The number of allylic oxidation sites excluding steroid dienone is 13. The molecule has 5 aliphatic rings. The smallest absolute Gasteiger partial charge is 0.128 e. The standard InChI is InChI=1S/C59H85N3O6/c1-11-15-26-62(27-28-66-30-29-65-14-4)50-32-44(39-67-51(41-63-9)35-49-37-59(7,8)58-43(6)21-20-42(5)18-16-19-47(58)24-25-60-49)31-45(33-50)40-68-56-36-54-53(22-23-55(56)64-10)57-48(38-61-54)34-46(13-3)52(57)17-12-2/h13,16-18,20-22,31-33,35-36,47-48,55,57-58H,11-12,14-15,19,23-30,34,37-41H2,1-10H3/b18-16?,42-20?,43-21?,46-13?,51-35+,52-17?,60-49?. The number of benzene rings is 1. The van der Waals surface area contributed by atoms with Gasteiger partial charge in [0, 0.05) is 70.4 Å². The molecule has 2 aliphatic heterocycles.